The number of nitrogens with zero attached hydrogens (tertiary/aromatic N) is 6. The number of carbonyl (C=O) groups is 1. The minimum atomic E-state index is -1.01. The molecule has 1 atom stereocenters. The number of hydrogen-bond acceptors (Lipinski definition) is 6. The molecule has 2 N–H and O–H groups in total. The summed E-state index contributed by atoms with van der Waals surface area (Å²) in [4.78, 5) is 18.1. The minimum Gasteiger partial charge on any atom is -0.478 e. The van der Waals surface area contributed by atoms with Gasteiger partial charge in [-0.1, -0.05) is 0 Å². The molecule has 9 heteroatoms. The van der Waals surface area contributed by atoms with Crippen LogP contribution in [0.2, 0.25) is 0 Å². The van der Waals surface area contributed by atoms with E-state index < -0.39 is 12.1 Å². The molecule has 0 radical (unpaired) electrons. The Hall–Kier alpha value is -2.94. The number of aromatic carboxylic acids is 1. The summed E-state index contributed by atoms with van der Waals surface area (Å²) in [6.07, 6.45) is 0.762. The number of hydrogen-bond donors (Lipinski definition) is 2. The van der Waals surface area contributed by atoms with Crippen LogP contribution in [0.1, 0.15) is 40.5 Å². The van der Waals surface area contributed by atoms with Crippen molar-refractivity contribution in [3.63, 3.8) is 0 Å². The maximum Gasteiger partial charge on any atom is 0.339 e. The van der Waals surface area contributed by atoms with Crippen LogP contribution in [0.25, 0.3) is 11.0 Å². The topological polar surface area (TPSA) is 109 Å². The molecule has 0 bridgehead atoms. The normalized spacial score (nSPS) is 15.3. The van der Waals surface area contributed by atoms with E-state index in [9.17, 15) is 15.0 Å². The Morgan fingerprint density at radius 2 is 2.08 bits per heavy atom. The molecule has 136 valence electrons. The summed E-state index contributed by atoms with van der Waals surface area (Å²) in [6, 6.07) is 1.87. The molecule has 0 aromatic carbocycles. The maximum absolute atomic E-state index is 11.8. The Morgan fingerprint density at radius 3 is 2.77 bits per heavy atom. The fourth-order valence-corrected chi connectivity index (χ4v) is 3.56. The highest BCUT2D eigenvalue weighted by Crippen LogP contribution is 2.34. The molecule has 1 aliphatic heterocycles. The lowest BCUT2D eigenvalue weighted by molar-refractivity contribution is 0.0697. The number of aliphatic hydroxyl groups excluding tert-OH is 1. The zero-order valence-corrected chi connectivity index (χ0v) is 14.8. The van der Waals surface area contributed by atoms with E-state index in [1.807, 2.05) is 22.6 Å². The van der Waals surface area contributed by atoms with Gasteiger partial charge in [0.05, 0.1) is 47.3 Å². The lowest BCUT2D eigenvalue weighted by Gasteiger charge is -2.31. The first-order valence-corrected chi connectivity index (χ1v) is 8.42. The molecule has 26 heavy (non-hydrogen) atoms. The van der Waals surface area contributed by atoms with Gasteiger partial charge in [0.2, 0.25) is 0 Å². The van der Waals surface area contributed by atoms with Crippen molar-refractivity contribution in [2.75, 3.05) is 11.4 Å². The summed E-state index contributed by atoms with van der Waals surface area (Å²) < 4.78 is 3.53. The van der Waals surface area contributed by atoms with Crippen LogP contribution in [0, 0.1) is 6.92 Å². The number of carboxylic acid groups (broad SMARTS) is 1. The van der Waals surface area contributed by atoms with Crippen molar-refractivity contribution in [2.45, 2.75) is 33.0 Å². The molecule has 0 saturated heterocycles. The summed E-state index contributed by atoms with van der Waals surface area (Å²) in [6.45, 7) is 5.28. The summed E-state index contributed by atoms with van der Waals surface area (Å²) >= 11 is 0. The summed E-state index contributed by atoms with van der Waals surface area (Å²) in [5, 5.41) is 29.0. The third-order valence-electron chi connectivity index (χ3n) is 4.79. The van der Waals surface area contributed by atoms with E-state index in [1.54, 1.807) is 18.7 Å². The molecule has 9 nitrogen and oxygen atoms in total. The van der Waals surface area contributed by atoms with Crippen molar-refractivity contribution in [1.82, 2.24) is 24.5 Å². The molecule has 0 amide bonds. The number of anilines is 1. The first kappa shape index (κ1) is 16.5. The molecular formula is C17H20N6O3. The van der Waals surface area contributed by atoms with Crippen LogP contribution in [0.15, 0.2) is 12.3 Å². The van der Waals surface area contributed by atoms with Gasteiger partial charge in [0.15, 0.2) is 5.65 Å². The predicted molar refractivity (Wildman–Crippen MR) is 94.1 cm³/mol. The Bertz CT molecular complexity index is 1020. The fourth-order valence-electron chi connectivity index (χ4n) is 3.56. The van der Waals surface area contributed by atoms with Crippen LogP contribution in [0.3, 0.4) is 0 Å². The van der Waals surface area contributed by atoms with E-state index in [-0.39, 0.29) is 5.56 Å². The van der Waals surface area contributed by atoms with Crippen molar-refractivity contribution in [2.24, 2.45) is 7.05 Å². The SMILES string of the molecule is Cc1nn(C)c2ncc(C(=O)O)c(N3CCn4nc([C@H](C)O)cc4C3)c12. The van der Waals surface area contributed by atoms with E-state index in [0.29, 0.717) is 36.7 Å². The maximum atomic E-state index is 11.8. The van der Waals surface area contributed by atoms with Gasteiger partial charge in [0, 0.05) is 19.8 Å². The summed E-state index contributed by atoms with van der Waals surface area (Å²) in [7, 11) is 1.80. The molecule has 0 unspecified atom stereocenters. The molecule has 0 spiro atoms. The second kappa shape index (κ2) is 5.80. The number of carboxylic acids is 1. The Balaban J connectivity index is 1.85. The first-order valence-electron chi connectivity index (χ1n) is 8.42. The minimum absolute atomic E-state index is 0.164. The number of aliphatic hydroxyl groups is 1. The number of fused-ring (bicyclic) bond motifs is 2. The van der Waals surface area contributed by atoms with Crippen molar-refractivity contribution >= 4 is 22.7 Å². The molecule has 3 aromatic heterocycles. The van der Waals surface area contributed by atoms with Gasteiger partial charge in [0.1, 0.15) is 5.56 Å². The quantitative estimate of drug-likeness (QED) is 0.727. The number of rotatable bonds is 3. The van der Waals surface area contributed by atoms with Gasteiger partial charge >= 0.3 is 5.97 Å². The van der Waals surface area contributed by atoms with Crippen LogP contribution in [-0.4, -0.2) is 47.3 Å². The zero-order chi connectivity index (χ0) is 18.6. The highest BCUT2D eigenvalue weighted by atomic mass is 16.4. The van der Waals surface area contributed by atoms with Crippen molar-refractivity contribution in [1.29, 1.82) is 0 Å². The molecular weight excluding hydrogens is 336 g/mol. The van der Waals surface area contributed by atoms with Gasteiger partial charge in [-0.05, 0) is 19.9 Å². The van der Waals surface area contributed by atoms with Gasteiger partial charge < -0.3 is 15.1 Å². The first-order chi connectivity index (χ1) is 12.4. The fraction of sp³-hybridized carbons (Fsp3) is 0.412. The summed E-state index contributed by atoms with van der Waals surface area (Å²) in [5.74, 6) is -1.01. The van der Waals surface area contributed by atoms with Crippen LogP contribution < -0.4 is 4.90 Å². The van der Waals surface area contributed by atoms with Crippen molar-refractivity contribution in [3.8, 4) is 0 Å². The van der Waals surface area contributed by atoms with E-state index >= 15 is 0 Å². The smallest absolute Gasteiger partial charge is 0.339 e. The van der Waals surface area contributed by atoms with E-state index in [0.717, 1.165) is 16.8 Å². The van der Waals surface area contributed by atoms with Crippen molar-refractivity contribution in [3.05, 3.63) is 34.9 Å². The Kier molecular flexibility index (Phi) is 3.69. The van der Waals surface area contributed by atoms with Crippen LogP contribution in [0.5, 0.6) is 0 Å². The lowest BCUT2D eigenvalue weighted by Crippen LogP contribution is -2.35. The predicted octanol–water partition coefficient (Wildman–Crippen LogP) is 1.24. The monoisotopic (exact) mass is 356 g/mol. The third-order valence-corrected chi connectivity index (χ3v) is 4.79. The zero-order valence-electron chi connectivity index (χ0n) is 14.8. The largest absolute Gasteiger partial charge is 0.478 e. The van der Waals surface area contributed by atoms with Gasteiger partial charge in [-0.3, -0.25) is 9.36 Å². The highest BCUT2D eigenvalue weighted by Gasteiger charge is 2.27. The van der Waals surface area contributed by atoms with Gasteiger partial charge in [-0.25, -0.2) is 9.78 Å². The molecule has 4 rings (SSSR count). The molecule has 4 heterocycles. The van der Waals surface area contributed by atoms with E-state index in [1.165, 1.54) is 6.20 Å². The molecule has 0 saturated carbocycles. The van der Waals surface area contributed by atoms with Gasteiger partial charge in [-0.15, -0.1) is 0 Å². The number of aromatic nitrogens is 5. The number of aryl methyl sites for hydroxylation is 2. The second-order valence-corrected chi connectivity index (χ2v) is 6.61. The third kappa shape index (κ3) is 2.43. The number of pyridine rings is 1. The Morgan fingerprint density at radius 1 is 1.31 bits per heavy atom. The average Bonchev–Trinajstić information content (AvgIpc) is 3.15. The van der Waals surface area contributed by atoms with E-state index in [4.69, 9.17) is 0 Å². The molecule has 3 aromatic rings. The van der Waals surface area contributed by atoms with Crippen LogP contribution >= 0.6 is 0 Å². The Labute approximate surface area is 149 Å². The van der Waals surface area contributed by atoms with Crippen LogP contribution in [-0.2, 0) is 20.1 Å². The standard InChI is InChI=1S/C17H20N6O3/c1-9-14-15(12(17(25)26)7-18-16(14)21(3)19-9)22-4-5-23-11(8-22)6-13(20-23)10(2)24/h6-7,10,24H,4-5,8H2,1-3H3,(H,25,26)/t10-/m0/s1. The molecule has 0 aliphatic carbocycles. The second-order valence-electron chi connectivity index (χ2n) is 6.61. The summed E-state index contributed by atoms with van der Waals surface area (Å²) in [5.41, 5.74) is 3.77. The lowest BCUT2D eigenvalue weighted by atomic mass is 10.1. The van der Waals surface area contributed by atoms with Gasteiger partial charge in [-0.2, -0.15) is 10.2 Å². The molecule has 0 fully saturated rings. The van der Waals surface area contributed by atoms with Gasteiger partial charge in [0.25, 0.3) is 0 Å². The average molecular weight is 356 g/mol. The van der Waals surface area contributed by atoms with Crippen LogP contribution in [0.4, 0.5) is 5.69 Å². The van der Waals surface area contributed by atoms with E-state index in [2.05, 4.69) is 15.2 Å². The van der Waals surface area contributed by atoms with Crippen molar-refractivity contribution < 1.29 is 15.0 Å². The highest BCUT2D eigenvalue weighted by molar-refractivity contribution is 6.04. The molecule has 1 aliphatic rings.